The molecule has 5 heteroatoms. The molecule has 2 aromatic rings. The van der Waals surface area contributed by atoms with Gasteiger partial charge in [-0.2, -0.15) is 0 Å². The summed E-state index contributed by atoms with van der Waals surface area (Å²) in [6.45, 7) is 0. The number of aromatic nitrogens is 1. The maximum Gasteiger partial charge on any atom is 0.149 e. The number of rotatable bonds is 2. The molecule has 0 spiro atoms. The van der Waals surface area contributed by atoms with Crippen LogP contribution in [0, 0.1) is 11.6 Å². The van der Waals surface area contributed by atoms with Gasteiger partial charge in [0.2, 0.25) is 0 Å². The van der Waals surface area contributed by atoms with Crippen LogP contribution in [0.1, 0.15) is 0 Å². The van der Waals surface area contributed by atoms with Crippen molar-refractivity contribution in [2.75, 3.05) is 5.32 Å². The number of halogens is 3. The van der Waals surface area contributed by atoms with E-state index < -0.39 is 11.6 Å². The minimum Gasteiger partial charge on any atom is -0.338 e. The second-order valence-corrected chi connectivity index (χ2v) is 4.03. The summed E-state index contributed by atoms with van der Waals surface area (Å²) in [5.41, 5.74) is 0.191. The molecule has 0 aliphatic carbocycles. The van der Waals surface area contributed by atoms with Crippen LogP contribution >= 0.6 is 15.9 Å². The van der Waals surface area contributed by atoms with Gasteiger partial charge in [0.25, 0.3) is 0 Å². The third kappa shape index (κ3) is 2.55. The molecular weight excluding hydrogens is 278 g/mol. The van der Waals surface area contributed by atoms with Crippen LogP contribution in [0.15, 0.2) is 41.0 Å². The molecule has 1 N–H and O–H groups in total. The van der Waals surface area contributed by atoms with Crippen LogP contribution in [-0.4, -0.2) is 4.98 Å². The van der Waals surface area contributed by atoms with Gasteiger partial charge in [-0.05, 0) is 40.2 Å². The summed E-state index contributed by atoms with van der Waals surface area (Å²) in [5, 5.41) is 2.75. The van der Waals surface area contributed by atoms with Gasteiger partial charge in [0.15, 0.2) is 0 Å². The molecule has 1 aromatic carbocycles. The molecule has 0 aliphatic rings. The van der Waals surface area contributed by atoms with Crippen molar-refractivity contribution in [3.63, 3.8) is 0 Å². The van der Waals surface area contributed by atoms with E-state index in [1.165, 1.54) is 12.1 Å². The van der Waals surface area contributed by atoms with Gasteiger partial charge in [0, 0.05) is 16.7 Å². The molecule has 0 saturated carbocycles. The zero-order valence-electron chi connectivity index (χ0n) is 8.05. The van der Waals surface area contributed by atoms with Gasteiger partial charge in [0.1, 0.15) is 17.5 Å². The highest BCUT2D eigenvalue weighted by Gasteiger charge is 2.04. The second-order valence-electron chi connectivity index (χ2n) is 3.11. The van der Waals surface area contributed by atoms with E-state index in [0.29, 0.717) is 5.82 Å². The van der Waals surface area contributed by atoms with Crippen molar-refractivity contribution in [2.45, 2.75) is 0 Å². The van der Waals surface area contributed by atoms with Gasteiger partial charge in [-0.3, -0.25) is 0 Å². The smallest absolute Gasteiger partial charge is 0.149 e. The molecule has 0 atom stereocenters. The summed E-state index contributed by atoms with van der Waals surface area (Å²) in [5.74, 6) is -0.759. The molecule has 0 saturated heterocycles. The molecule has 0 radical (unpaired) electrons. The Labute approximate surface area is 99.5 Å². The first-order valence-corrected chi connectivity index (χ1v) is 5.28. The monoisotopic (exact) mass is 284 g/mol. The minimum absolute atomic E-state index is 0.191. The lowest BCUT2D eigenvalue weighted by Crippen LogP contribution is -1.96. The Morgan fingerprint density at radius 1 is 1.12 bits per heavy atom. The van der Waals surface area contributed by atoms with Gasteiger partial charge >= 0.3 is 0 Å². The SMILES string of the molecule is Fc1ccc(Nc2ccc(Br)cn2)c(F)c1. The van der Waals surface area contributed by atoms with Crippen molar-refractivity contribution in [3.05, 3.63) is 52.6 Å². The highest BCUT2D eigenvalue weighted by Crippen LogP contribution is 2.20. The first-order valence-electron chi connectivity index (χ1n) is 4.49. The molecule has 0 amide bonds. The number of anilines is 2. The lowest BCUT2D eigenvalue weighted by Gasteiger charge is -2.06. The van der Waals surface area contributed by atoms with Gasteiger partial charge in [-0.15, -0.1) is 0 Å². The van der Waals surface area contributed by atoms with Crippen molar-refractivity contribution in [3.8, 4) is 0 Å². The van der Waals surface area contributed by atoms with Crippen LogP contribution in [0.3, 0.4) is 0 Å². The Bertz CT molecular complexity index is 500. The van der Waals surface area contributed by atoms with E-state index in [9.17, 15) is 8.78 Å². The summed E-state index contributed by atoms with van der Waals surface area (Å²) < 4.78 is 26.8. The van der Waals surface area contributed by atoms with Crippen LogP contribution in [-0.2, 0) is 0 Å². The van der Waals surface area contributed by atoms with Crippen molar-refractivity contribution in [2.24, 2.45) is 0 Å². The fourth-order valence-electron chi connectivity index (χ4n) is 1.18. The molecule has 0 aliphatic heterocycles. The zero-order chi connectivity index (χ0) is 11.5. The Hall–Kier alpha value is -1.49. The maximum atomic E-state index is 13.3. The van der Waals surface area contributed by atoms with Crippen molar-refractivity contribution in [1.82, 2.24) is 4.98 Å². The number of pyridine rings is 1. The van der Waals surface area contributed by atoms with Crippen LogP contribution in [0.2, 0.25) is 0 Å². The molecular formula is C11H7BrF2N2. The lowest BCUT2D eigenvalue weighted by atomic mass is 10.3. The average Bonchev–Trinajstić information content (AvgIpc) is 2.25. The van der Waals surface area contributed by atoms with Crippen LogP contribution in [0.25, 0.3) is 0 Å². The van der Waals surface area contributed by atoms with E-state index in [-0.39, 0.29) is 5.69 Å². The van der Waals surface area contributed by atoms with Crippen LogP contribution < -0.4 is 5.32 Å². The number of hydrogen-bond acceptors (Lipinski definition) is 2. The number of benzene rings is 1. The largest absolute Gasteiger partial charge is 0.338 e. The first-order chi connectivity index (χ1) is 7.65. The predicted octanol–water partition coefficient (Wildman–Crippen LogP) is 3.87. The fourth-order valence-corrected chi connectivity index (χ4v) is 1.41. The third-order valence-corrected chi connectivity index (χ3v) is 2.39. The molecule has 1 aromatic heterocycles. The summed E-state index contributed by atoms with van der Waals surface area (Å²) in [7, 11) is 0. The van der Waals surface area contributed by atoms with E-state index in [1.807, 2.05) is 0 Å². The van der Waals surface area contributed by atoms with Crippen molar-refractivity contribution >= 4 is 27.4 Å². The molecule has 0 bridgehead atoms. The molecule has 2 rings (SSSR count). The van der Waals surface area contributed by atoms with Gasteiger partial charge < -0.3 is 5.32 Å². The van der Waals surface area contributed by atoms with Gasteiger partial charge in [-0.25, -0.2) is 13.8 Å². The highest BCUT2D eigenvalue weighted by molar-refractivity contribution is 9.10. The summed E-state index contributed by atoms with van der Waals surface area (Å²) in [6.07, 6.45) is 1.59. The quantitative estimate of drug-likeness (QED) is 0.906. The van der Waals surface area contributed by atoms with E-state index in [0.717, 1.165) is 10.5 Å². The maximum absolute atomic E-state index is 13.3. The van der Waals surface area contributed by atoms with Gasteiger partial charge in [0.05, 0.1) is 5.69 Å². The Morgan fingerprint density at radius 2 is 1.94 bits per heavy atom. The number of hydrogen-bond donors (Lipinski definition) is 1. The Kier molecular flexibility index (Phi) is 3.14. The molecule has 16 heavy (non-hydrogen) atoms. The minimum atomic E-state index is -0.648. The molecule has 0 unspecified atom stereocenters. The van der Waals surface area contributed by atoms with Crippen molar-refractivity contribution < 1.29 is 8.78 Å². The summed E-state index contributed by atoms with van der Waals surface area (Å²) >= 11 is 3.24. The highest BCUT2D eigenvalue weighted by atomic mass is 79.9. The molecule has 2 nitrogen and oxygen atoms in total. The standard InChI is InChI=1S/C11H7BrF2N2/c12-7-1-4-11(15-6-7)16-10-3-2-8(13)5-9(10)14/h1-6H,(H,15,16). The van der Waals surface area contributed by atoms with Crippen LogP contribution in [0.5, 0.6) is 0 Å². The third-order valence-electron chi connectivity index (χ3n) is 1.92. The zero-order valence-corrected chi connectivity index (χ0v) is 9.63. The van der Waals surface area contributed by atoms with Gasteiger partial charge in [-0.1, -0.05) is 0 Å². The Morgan fingerprint density at radius 3 is 2.56 bits per heavy atom. The summed E-state index contributed by atoms with van der Waals surface area (Å²) in [6, 6.07) is 6.80. The number of nitrogens with one attached hydrogen (secondary N) is 1. The number of nitrogens with zero attached hydrogens (tertiary/aromatic N) is 1. The molecule has 0 fully saturated rings. The van der Waals surface area contributed by atoms with E-state index in [2.05, 4.69) is 26.2 Å². The topological polar surface area (TPSA) is 24.9 Å². The first kappa shape index (κ1) is 11.0. The normalized spacial score (nSPS) is 10.2. The van der Waals surface area contributed by atoms with Crippen LogP contribution in [0.4, 0.5) is 20.3 Å². The fraction of sp³-hybridized carbons (Fsp3) is 0. The predicted molar refractivity (Wildman–Crippen MR) is 61.6 cm³/mol. The van der Waals surface area contributed by atoms with E-state index in [4.69, 9.17) is 0 Å². The lowest BCUT2D eigenvalue weighted by molar-refractivity contribution is 0.586. The molecule has 82 valence electrons. The second kappa shape index (κ2) is 4.57. The molecule has 1 heterocycles. The van der Waals surface area contributed by atoms with Crippen molar-refractivity contribution in [1.29, 1.82) is 0 Å². The Balaban J connectivity index is 2.23. The summed E-state index contributed by atoms with van der Waals surface area (Å²) in [4.78, 5) is 4.02. The van der Waals surface area contributed by atoms with E-state index >= 15 is 0 Å². The average molecular weight is 285 g/mol. The van der Waals surface area contributed by atoms with E-state index in [1.54, 1.807) is 18.3 Å².